The molecule has 1 aromatic carbocycles. The van der Waals surface area contributed by atoms with Gasteiger partial charge in [0.15, 0.2) is 0 Å². The summed E-state index contributed by atoms with van der Waals surface area (Å²) in [6.07, 6.45) is -0.788. The topological polar surface area (TPSA) is 66.4 Å². The van der Waals surface area contributed by atoms with Crippen molar-refractivity contribution in [1.82, 2.24) is 4.72 Å². The van der Waals surface area contributed by atoms with Gasteiger partial charge >= 0.3 is 0 Å². The van der Waals surface area contributed by atoms with Crippen LogP contribution in [0.2, 0.25) is 0 Å². The maximum Gasteiger partial charge on any atom is 0.241 e. The molecule has 0 aliphatic rings. The summed E-state index contributed by atoms with van der Waals surface area (Å²) >= 11 is 0. The number of sulfonamides is 1. The quantitative estimate of drug-likeness (QED) is 0.826. The highest BCUT2D eigenvalue weighted by Gasteiger charge is 2.17. The molecule has 0 aliphatic heterocycles. The number of aliphatic hydroxyl groups is 1. The van der Waals surface area contributed by atoms with E-state index >= 15 is 0 Å². The molecule has 0 aromatic heterocycles. The van der Waals surface area contributed by atoms with Gasteiger partial charge in [-0.3, -0.25) is 0 Å². The Balaban J connectivity index is 3.02. The maximum absolute atomic E-state index is 12.9. The van der Waals surface area contributed by atoms with E-state index in [-0.39, 0.29) is 11.4 Å². The fraction of sp³-hybridized carbons (Fsp3) is 0.400. The van der Waals surface area contributed by atoms with Crippen LogP contribution in [-0.4, -0.2) is 26.2 Å². The molecule has 1 atom stereocenters. The maximum atomic E-state index is 12.9. The van der Waals surface area contributed by atoms with E-state index < -0.39 is 21.9 Å². The van der Waals surface area contributed by atoms with Crippen molar-refractivity contribution >= 4 is 10.0 Å². The molecule has 0 bridgehead atoms. The monoisotopic (exact) mass is 247 g/mol. The molecule has 0 aliphatic carbocycles. The van der Waals surface area contributed by atoms with Crippen molar-refractivity contribution in [3.8, 4) is 0 Å². The third-order valence-corrected chi connectivity index (χ3v) is 3.57. The van der Waals surface area contributed by atoms with E-state index in [1.54, 1.807) is 6.92 Å². The SMILES string of the molecule is Cc1ccc(F)cc1S(=O)(=O)NC[C@@H](C)O. The van der Waals surface area contributed by atoms with Gasteiger partial charge in [0.1, 0.15) is 5.82 Å². The minimum Gasteiger partial charge on any atom is -0.392 e. The number of hydrogen-bond donors (Lipinski definition) is 2. The number of aryl methyl sites for hydroxylation is 1. The molecule has 0 saturated carbocycles. The van der Waals surface area contributed by atoms with Crippen LogP contribution in [0, 0.1) is 12.7 Å². The van der Waals surface area contributed by atoms with Gasteiger partial charge in [-0.05, 0) is 31.5 Å². The van der Waals surface area contributed by atoms with Crippen molar-refractivity contribution in [2.75, 3.05) is 6.54 Å². The molecular formula is C10H14FNO3S. The van der Waals surface area contributed by atoms with Crippen LogP contribution >= 0.6 is 0 Å². The Morgan fingerprint density at radius 3 is 2.69 bits per heavy atom. The fourth-order valence-electron chi connectivity index (χ4n) is 1.17. The predicted octanol–water partition coefficient (Wildman–Crippen LogP) is 0.793. The molecule has 90 valence electrons. The number of nitrogens with one attached hydrogen (secondary N) is 1. The number of benzene rings is 1. The van der Waals surface area contributed by atoms with Crippen LogP contribution in [0.15, 0.2) is 23.1 Å². The van der Waals surface area contributed by atoms with Gasteiger partial charge in [0, 0.05) is 6.54 Å². The van der Waals surface area contributed by atoms with Crippen LogP contribution in [0.4, 0.5) is 4.39 Å². The molecule has 0 amide bonds. The van der Waals surface area contributed by atoms with Crippen LogP contribution < -0.4 is 4.72 Å². The van der Waals surface area contributed by atoms with Crippen LogP contribution in [0.25, 0.3) is 0 Å². The second-order valence-corrected chi connectivity index (χ2v) is 5.35. The van der Waals surface area contributed by atoms with Gasteiger partial charge in [-0.1, -0.05) is 6.07 Å². The van der Waals surface area contributed by atoms with Gasteiger partial charge in [0.25, 0.3) is 0 Å². The number of halogens is 1. The molecule has 0 unspecified atom stereocenters. The summed E-state index contributed by atoms with van der Waals surface area (Å²) in [5.74, 6) is -0.608. The van der Waals surface area contributed by atoms with E-state index in [0.717, 1.165) is 6.07 Å². The number of aliphatic hydroxyl groups excluding tert-OH is 1. The molecule has 1 rings (SSSR count). The highest BCUT2D eigenvalue weighted by molar-refractivity contribution is 7.89. The molecule has 6 heteroatoms. The molecule has 0 radical (unpaired) electrons. The molecule has 1 aromatic rings. The van der Waals surface area contributed by atoms with Gasteiger partial charge < -0.3 is 5.11 Å². The lowest BCUT2D eigenvalue weighted by Gasteiger charge is -2.10. The number of rotatable bonds is 4. The summed E-state index contributed by atoms with van der Waals surface area (Å²) < 4.78 is 38.6. The van der Waals surface area contributed by atoms with E-state index in [9.17, 15) is 12.8 Å². The smallest absolute Gasteiger partial charge is 0.241 e. The second-order valence-electron chi connectivity index (χ2n) is 3.61. The Labute approximate surface area is 94.2 Å². The summed E-state index contributed by atoms with van der Waals surface area (Å²) in [5.41, 5.74) is 0.458. The zero-order valence-electron chi connectivity index (χ0n) is 9.07. The van der Waals surface area contributed by atoms with Crippen LogP contribution in [-0.2, 0) is 10.0 Å². The van der Waals surface area contributed by atoms with E-state index in [1.165, 1.54) is 19.1 Å². The normalized spacial score (nSPS) is 13.8. The van der Waals surface area contributed by atoms with E-state index in [2.05, 4.69) is 4.72 Å². The molecule has 16 heavy (non-hydrogen) atoms. The standard InChI is InChI=1S/C10H14FNO3S/c1-7-3-4-9(11)5-10(7)16(14,15)12-6-8(2)13/h3-5,8,12-13H,6H2,1-2H3/t8-/m1/s1. The molecule has 0 spiro atoms. The summed E-state index contributed by atoms with van der Waals surface area (Å²) in [6.45, 7) is 2.94. The van der Waals surface area contributed by atoms with Gasteiger partial charge in [-0.2, -0.15) is 0 Å². The third kappa shape index (κ3) is 3.26. The minimum absolute atomic E-state index is 0.0989. The minimum atomic E-state index is -3.76. The highest BCUT2D eigenvalue weighted by atomic mass is 32.2. The summed E-state index contributed by atoms with van der Waals surface area (Å²) in [4.78, 5) is -0.104. The lowest BCUT2D eigenvalue weighted by Crippen LogP contribution is -2.31. The van der Waals surface area contributed by atoms with Crippen LogP contribution in [0.5, 0.6) is 0 Å². The Morgan fingerprint density at radius 2 is 2.12 bits per heavy atom. The largest absolute Gasteiger partial charge is 0.392 e. The third-order valence-electron chi connectivity index (χ3n) is 2.01. The summed E-state index contributed by atoms with van der Waals surface area (Å²) in [5, 5.41) is 8.99. The van der Waals surface area contributed by atoms with Gasteiger partial charge in [-0.25, -0.2) is 17.5 Å². The Morgan fingerprint density at radius 1 is 1.50 bits per heavy atom. The molecule has 0 fully saturated rings. The fourth-order valence-corrected chi connectivity index (χ4v) is 2.55. The lowest BCUT2D eigenvalue weighted by molar-refractivity contribution is 0.198. The van der Waals surface area contributed by atoms with Gasteiger partial charge in [0.2, 0.25) is 10.0 Å². The molecular weight excluding hydrogens is 233 g/mol. The average Bonchev–Trinajstić information content (AvgIpc) is 2.19. The van der Waals surface area contributed by atoms with Crippen molar-refractivity contribution in [2.45, 2.75) is 24.8 Å². The summed E-state index contributed by atoms with van der Waals surface area (Å²) in [6, 6.07) is 3.55. The first-order chi connectivity index (χ1) is 7.33. The van der Waals surface area contributed by atoms with Crippen molar-refractivity contribution < 1.29 is 17.9 Å². The second kappa shape index (κ2) is 4.90. The van der Waals surface area contributed by atoms with Crippen LogP contribution in [0.3, 0.4) is 0 Å². The number of hydrogen-bond acceptors (Lipinski definition) is 3. The Kier molecular flexibility index (Phi) is 4.01. The van der Waals surface area contributed by atoms with E-state index in [4.69, 9.17) is 5.11 Å². The Hall–Kier alpha value is -0.980. The van der Waals surface area contributed by atoms with E-state index in [0.29, 0.717) is 5.56 Å². The summed E-state index contributed by atoms with van der Waals surface area (Å²) in [7, 11) is -3.76. The zero-order valence-corrected chi connectivity index (χ0v) is 9.88. The van der Waals surface area contributed by atoms with Crippen LogP contribution in [0.1, 0.15) is 12.5 Å². The predicted molar refractivity (Wildman–Crippen MR) is 58.0 cm³/mol. The first-order valence-corrected chi connectivity index (χ1v) is 6.25. The molecule has 2 N–H and O–H groups in total. The molecule has 0 heterocycles. The van der Waals surface area contributed by atoms with Crippen molar-refractivity contribution in [3.05, 3.63) is 29.6 Å². The average molecular weight is 247 g/mol. The Bertz CT molecular complexity index is 471. The van der Waals surface area contributed by atoms with Crippen molar-refractivity contribution in [3.63, 3.8) is 0 Å². The van der Waals surface area contributed by atoms with E-state index in [1.807, 2.05) is 0 Å². The van der Waals surface area contributed by atoms with Crippen molar-refractivity contribution in [2.24, 2.45) is 0 Å². The molecule has 4 nitrogen and oxygen atoms in total. The zero-order chi connectivity index (χ0) is 12.3. The van der Waals surface area contributed by atoms with Gasteiger partial charge in [0.05, 0.1) is 11.0 Å². The lowest BCUT2D eigenvalue weighted by atomic mass is 10.2. The first kappa shape index (κ1) is 13.1. The first-order valence-electron chi connectivity index (χ1n) is 4.77. The highest BCUT2D eigenvalue weighted by Crippen LogP contribution is 2.15. The molecule has 0 saturated heterocycles. The van der Waals surface area contributed by atoms with Gasteiger partial charge in [-0.15, -0.1) is 0 Å². The van der Waals surface area contributed by atoms with Crippen molar-refractivity contribution in [1.29, 1.82) is 0 Å².